The van der Waals surface area contributed by atoms with Gasteiger partial charge in [-0.3, -0.25) is 0 Å². The summed E-state index contributed by atoms with van der Waals surface area (Å²) in [7, 11) is 1.67. The number of aromatic carboxylic acids is 1. The molecule has 0 aliphatic heterocycles. The van der Waals surface area contributed by atoms with E-state index in [1.165, 1.54) is 0 Å². The van der Waals surface area contributed by atoms with E-state index in [9.17, 15) is 9.90 Å². The molecular weight excluding hydrogens is 488 g/mol. The molecule has 1 heterocycles. The van der Waals surface area contributed by atoms with Crippen LogP contribution in [0.25, 0.3) is 22.2 Å². The monoisotopic (exact) mass is 528 g/mol. The highest BCUT2D eigenvalue weighted by atomic mass is 16.5. The minimum Gasteiger partial charge on any atom is -0.489 e. The van der Waals surface area contributed by atoms with Gasteiger partial charge in [0, 0.05) is 20.1 Å². The predicted molar refractivity (Wildman–Crippen MR) is 157 cm³/mol. The number of aryl methyl sites for hydroxylation is 2. The number of carboxylic acid groups (broad SMARTS) is 1. The van der Waals surface area contributed by atoms with Crippen LogP contribution in [0.1, 0.15) is 73.4 Å². The average Bonchev–Trinajstić information content (AvgIpc) is 3.27. The highest BCUT2D eigenvalue weighted by Gasteiger charge is 2.25. The lowest BCUT2D eigenvalue weighted by Gasteiger charge is -2.23. The first-order chi connectivity index (χ1) is 18.7. The van der Waals surface area contributed by atoms with E-state index in [0.29, 0.717) is 25.3 Å². The number of imidazole rings is 1. The fourth-order valence-corrected chi connectivity index (χ4v) is 5.05. The number of nitrogens with zero attached hydrogens (tertiary/aromatic N) is 2. The fourth-order valence-electron chi connectivity index (χ4n) is 5.05. The smallest absolute Gasteiger partial charge is 0.336 e. The van der Waals surface area contributed by atoms with E-state index < -0.39 is 5.97 Å². The predicted octanol–water partition coefficient (Wildman–Crippen LogP) is 7.42. The minimum absolute atomic E-state index is 0.276. The van der Waals surface area contributed by atoms with Gasteiger partial charge in [0.05, 0.1) is 17.7 Å². The van der Waals surface area contributed by atoms with E-state index >= 15 is 0 Å². The molecule has 6 heteroatoms. The first-order valence-electron chi connectivity index (χ1n) is 13.7. The number of hydrogen-bond acceptors (Lipinski definition) is 4. The molecule has 0 fully saturated rings. The number of hydrogen-bond donors (Lipinski definition) is 1. The lowest BCUT2D eigenvalue weighted by Crippen LogP contribution is -2.17. The molecule has 0 bridgehead atoms. The van der Waals surface area contributed by atoms with Gasteiger partial charge in [0.25, 0.3) is 0 Å². The van der Waals surface area contributed by atoms with Gasteiger partial charge in [-0.25, -0.2) is 9.78 Å². The van der Waals surface area contributed by atoms with E-state index in [2.05, 4.69) is 36.6 Å². The van der Waals surface area contributed by atoms with Gasteiger partial charge in [-0.05, 0) is 52.6 Å². The largest absolute Gasteiger partial charge is 0.489 e. The van der Waals surface area contributed by atoms with Crippen LogP contribution in [0.5, 0.6) is 5.75 Å². The molecule has 39 heavy (non-hydrogen) atoms. The van der Waals surface area contributed by atoms with Crippen molar-refractivity contribution in [3.8, 4) is 16.9 Å². The van der Waals surface area contributed by atoms with E-state index in [0.717, 1.165) is 69.7 Å². The van der Waals surface area contributed by atoms with Crippen molar-refractivity contribution in [2.24, 2.45) is 0 Å². The molecular formula is C33H40N2O4. The second kappa shape index (κ2) is 12.0. The third-order valence-corrected chi connectivity index (χ3v) is 7.13. The van der Waals surface area contributed by atoms with E-state index in [1.54, 1.807) is 7.11 Å². The Morgan fingerprint density at radius 3 is 2.41 bits per heavy atom. The lowest BCUT2D eigenvalue weighted by atomic mass is 9.81. The number of aromatic nitrogens is 2. The number of ether oxygens (including phenoxy) is 2. The SMILES string of the molecule is CCCCc1nc2c(C)ccc(OCCOC)c2n1Cc1ccc(-c2cccc(C(C)(C)C)c2C(=O)O)cc1. The zero-order chi connectivity index (χ0) is 28.2. The van der Waals surface area contributed by atoms with Crippen LogP contribution in [0.3, 0.4) is 0 Å². The molecule has 0 aliphatic rings. The summed E-state index contributed by atoms with van der Waals surface area (Å²) in [5, 5.41) is 10.1. The lowest BCUT2D eigenvalue weighted by molar-refractivity contribution is 0.0695. The van der Waals surface area contributed by atoms with Crippen LogP contribution >= 0.6 is 0 Å². The molecule has 3 aromatic carbocycles. The van der Waals surface area contributed by atoms with Crippen LogP contribution < -0.4 is 4.74 Å². The second-order valence-electron chi connectivity index (χ2n) is 11.1. The highest BCUT2D eigenvalue weighted by Crippen LogP contribution is 2.34. The molecule has 0 amide bonds. The molecule has 4 rings (SSSR count). The maximum absolute atomic E-state index is 12.3. The van der Waals surface area contributed by atoms with Crippen molar-refractivity contribution in [1.82, 2.24) is 9.55 Å². The van der Waals surface area contributed by atoms with Crippen LogP contribution in [-0.2, 0) is 23.1 Å². The van der Waals surface area contributed by atoms with Crippen molar-refractivity contribution >= 4 is 17.0 Å². The van der Waals surface area contributed by atoms with Crippen LogP contribution in [0.2, 0.25) is 0 Å². The second-order valence-corrected chi connectivity index (χ2v) is 11.1. The quantitative estimate of drug-likeness (QED) is 0.205. The van der Waals surface area contributed by atoms with Crippen LogP contribution in [0.15, 0.2) is 54.6 Å². The molecule has 0 aliphatic carbocycles. The summed E-state index contributed by atoms with van der Waals surface area (Å²) in [6.07, 6.45) is 3.04. The van der Waals surface area contributed by atoms with Crippen LogP contribution in [0, 0.1) is 6.92 Å². The van der Waals surface area contributed by atoms with Gasteiger partial charge in [-0.15, -0.1) is 0 Å². The fraction of sp³-hybridized carbons (Fsp3) is 0.394. The number of fused-ring (bicyclic) bond motifs is 1. The molecule has 1 aromatic heterocycles. The number of benzene rings is 3. The summed E-state index contributed by atoms with van der Waals surface area (Å²) in [4.78, 5) is 17.4. The van der Waals surface area contributed by atoms with Gasteiger partial charge in [0.2, 0.25) is 0 Å². The molecule has 4 aromatic rings. The molecule has 0 saturated heterocycles. The topological polar surface area (TPSA) is 73.6 Å². The zero-order valence-corrected chi connectivity index (χ0v) is 24.0. The van der Waals surface area contributed by atoms with Crippen LogP contribution in [-0.4, -0.2) is 41.0 Å². The molecule has 6 nitrogen and oxygen atoms in total. The molecule has 0 unspecified atom stereocenters. The first kappa shape index (κ1) is 28.4. The van der Waals surface area contributed by atoms with Gasteiger partial charge < -0.3 is 19.1 Å². The Balaban J connectivity index is 1.75. The van der Waals surface area contributed by atoms with E-state index in [1.807, 2.05) is 57.2 Å². The third kappa shape index (κ3) is 6.17. The van der Waals surface area contributed by atoms with E-state index in [-0.39, 0.29) is 5.41 Å². The van der Waals surface area contributed by atoms with Gasteiger partial charge in [0.1, 0.15) is 23.7 Å². The Bertz CT molecular complexity index is 1450. The van der Waals surface area contributed by atoms with Gasteiger partial charge in [-0.2, -0.15) is 0 Å². The van der Waals surface area contributed by atoms with E-state index in [4.69, 9.17) is 14.5 Å². The van der Waals surface area contributed by atoms with Gasteiger partial charge >= 0.3 is 5.97 Å². The average molecular weight is 529 g/mol. The molecule has 206 valence electrons. The van der Waals surface area contributed by atoms with Crippen molar-refractivity contribution in [2.45, 2.75) is 65.8 Å². The van der Waals surface area contributed by atoms with Crippen LogP contribution in [0.4, 0.5) is 0 Å². The summed E-state index contributed by atoms with van der Waals surface area (Å²) in [5.41, 5.74) is 6.77. The number of carboxylic acids is 1. The Labute approximate surface area is 231 Å². The normalized spacial score (nSPS) is 11.7. The Kier molecular flexibility index (Phi) is 8.76. The molecule has 0 radical (unpaired) electrons. The number of unbranched alkanes of at least 4 members (excludes halogenated alkanes) is 1. The highest BCUT2D eigenvalue weighted by molar-refractivity contribution is 5.98. The van der Waals surface area contributed by atoms with Crippen molar-refractivity contribution < 1.29 is 19.4 Å². The molecule has 1 N–H and O–H groups in total. The van der Waals surface area contributed by atoms with Crippen molar-refractivity contribution in [3.63, 3.8) is 0 Å². The molecule has 0 atom stereocenters. The minimum atomic E-state index is -0.901. The third-order valence-electron chi connectivity index (χ3n) is 7.13. The Morgan fingerprint density at radius 1 is 1.03 bits per heavy atom. The Hall–Kier alpha value is -3.64. The number of rotatable bonds is 11. The number of carbonyl (C=O) groups is 1. The van der Waals surface area contributed by atoms with Crippen molar-refractivity contribution in [3.05, 3.63) is 82.7 Å². The maximum Gasteiger partial charge on any atom is 0.336 e. The summed E-state index contributed by atoms with van der Waals surface area (Å²) >= 11 is 0. The summed E-state index contributed by atoms with van der Waals surface area (Å²) in [5.74, 6) is 0.957. The van der Waals surface area contributed by atoms with Gasteiger partial charge in [-0.1, -0.05) is 82.6 Å². The zero-order valence-electron chi connectivity index (χ0n) is 24.0. The molecule has 0 saturated carbocycles. The molecule has 0 spiro atoms. The van der Waals surface area contributed by atoms with Crippen molar-refractivity contribution in [2.75, 3.05) is 20.3 Å². The van der Waals surface area contributed by atoms with Crippen molar-refractivity contribution in [1.29, 1.82) is 0 Å². The Morgan fingerprint density at radius 2 is 1.77 bits per heavy atom. The summed E-state index contributed by atoms with van der Waals surface area (Å²) < 4.78 is 13.6. The van der Waals surface area contributed by atoms with Gasteiger partial charge in [0.15, 0.2) is 0 Å². The standard InChI is InChI=1S/C33H40N2O4/c1-7-8-12-28-34-30-22(2)13-18-27(39-20-19-38-6)31(30)35(28)21-23-14-16-24(17-15-23)25-10-9-11-26(33(3,4)5)29(25)32(36)37/h9-11,13-18H,7-8,12,19-21H2,1-6H3,(H,36,37). The number of methoxy groups -OCH3 is 1. The summed E-state index contributed by atoms with van der Waals surface area (Å²) in [6, 6.07) is 18.1. The first-order valence-corrected chi connectivity index (χ1v) is 13.7. The maximum atomic E-state index is 12.3. The summed E-state index contributed by atoms with van der Waals surface area (Å²) in [6.45, 7) is 12.0.